The molecule has 86 valence electrons. The lowest BCUT2D eigenvalue weighted by molar-refractivity contribution is -0.137. The third-order valence-corrected chi connectivity index (χ3v) is 2.15. The summed E-state index contributed by atoms with van der Waals surface area (Å²) in [4.78, 5) is 4.01. The van der Waals surface area contributed by atoms with Gasteiger partial charge in [0.2, 0.25) is 0 Å². The van der Waals surface area contributed by atoms with Crippen LogP contribution in [0.1, 0.15) is 18.3 Å². The third-order valence-electron chi connectivity index (χ3n) is 2.15. The highest BCUT2D eigenvalue weighted by Gasteiger charge is 2.32. The summed E-state index contributed by atoms with van der Waals surface area (Å²) in [6.07, 6.45) is -3.00. The molecule has 0 aromatic carbocycles. The number of hydrogen-bond acceptors (Lipinski definition) is 3. The number of nitrogen functional groups attached to an aromatic ring is 1. The molecule has 16 heavy (non-hydrogen) atoms. The minimum absolute atomic E-state index is 0.0259. The molecule has 2 heterocycles. The van der Waals surface area contributed by atoms with Crippen molar-refractivity contribution in [1.29, 1.82) is 0 Å². The number of alkyl halides is 3. The average Bonchev–Trinajstić information content (AvgIpc) is 2.59. The highest BCUT2D eigenvalue weighted by atomic mass is 19.4. The molecule has 2 rings (SSSR count). The van der Waals surface area contributed by atoms with E-state index in [-0.39, 0.29) is 11.3 Å². The van der Waals surface area contributed by atoms with Gasteiger partial charge in [-0.25, -0.2) is 9.50 Å². The van der Waals surface area contributed by atoms with Crippen LogP contribution in [0.4, 0.5) is 18.9 Å². The summed E-state index contributed by atoms with van der Waals surface area (Å²) < 4.78 is 38.5. The SMILES string of the molecule is CCc1nc2c(N)cc(C(F)(F)F)cn2n1. The molecule has 0 aliphatic carbocycles. The van der Waals surface area contributed by atoms with E-state index in [4.69, 9.17) is 5.73 Å². The van der Waals surface area contributed by atoms with E-state index in [0.29, 0.717) is 12.2 Å². The maximum absolute atomic E-state index is 12.5. The zero-order valence-corrected chi connectivity index (χ0v) is 8.41. The molecule has 2 aromatic rings. The molecule has 0 unspecified atom stereocenters. The van der Waals surface area contributed by atoms with Crippen LogP contribution in [0.2, 0.25) is 0 Å². The van der Waals surface area contributed by atoms with Crippen molar-refractivity contribution in [3.63, 3.8) is 0 Å². The first-order valence-corrected chi connectivity index (χ1v) is 4.63. The fraction of sp³-hybridized carbons (Fsp3) is 0.333. The number of anilines is 1. The molecule has 0 fully saturated rings. The van der Waals surface area contributed by atoms with Gasteiger partial charge in [-0.3, -0.25) is 0 Å². The molecule has 0 bridgehead atoms. The summed E-state index contributed by atoms with van der Waals surface area (Å²) in [5.74, 6) is 0.464. The highest BCUT2D eigenvalue weighted by molar-refractivity contribution is 5.65. The number of aromatic nitrogens is 3. The van der Waals surface area contributed by atoms with Crippen molar-refractivity contribution in [3.05, 3.63) is 23.7 Å². The monoisotopic (exact) mass is 230 g/mol. The molecule has 0 spiro atoms. The lowest BCUT2D eigenvalue weighted by Crippen LogP contribution is -2.08. The quantitative estimate of drug-likeness (QED) is 0.813. The van der Waals surface area contributed by atoms with Gasteiger partial charge in [0.05, 0.1) is 11.3 Å². The molecular weight excluding hydrogens is 221 g/mol. The molecule has 2 N–H and O–H groups in total. The van der Waals surface area contributed by atoms with E-state index >= 15 is 0 Å². The minimum atomic E-state index is -4.43. The predicted octanol–water partition coefficient (Wildman–Crippen LogP) is 1.89. The Morgan fingerprint density at radius 2 is 2.12 bits per heavy atom. The number of hydrogen-bond donors (Lipinski definition) is 1. The number of halogens is 3. The summed E-state index contributed by atoms with van der Waals surface area (Å²) >= 11 is 0. The van der Waals surface area contributed by atoms with E-state index in [1.807, 2.05) is 6.92 Å². The molecule has 0 aliphatic rings. The van der Waals surface area contributed by atoms with Crippen LogP contribution in [0.3, 0.4) is 0 Å². The van der Waals surface area contributed by atoms with Crippen LogP contribution >= 0.6 is 0 Å². The Hall–Kier alpha value is -1.79. The number of fused-ring (bicyclic) bond motifs is 1. The van der Waals surface area contributed by atoms with E-state index in [9.17, 15) is 13.2 Å². The van der Waals surface area contributed by atoms with Crippen LogP contribution < -0.4 is 5.73 Å². The average molecular weight is 230 g/mol. The van der Waals surface area contributed by atoms with Gasteiger partial charge in [0.25, 0.3) is 0 Å². The number of nitrogens with zero attached hydrogens (tertiary/aromatic N) is 3. The third kappa shape index (κ3) is 1.68. The second-order valence-corrected chi connectivity index (χ2v) is 3.33. The van der Waals surface area contributed by atoms with E-state index in [1.54, 1.807) is 0 Å². The summed E-state index contributed by atoms with van der Waals surface area (Å²) in [7, 11) is 0. The molecule has 0 radical (unpaired) electrons. The van der Waals surface area contributed by atoms with E-state index in [2.05, 4.69) is 10.1 Å². The van der Waals surface area contributed by atoms with Crippen molar-refractivity contribution in [2.24, 2.45) is 0 Å². The second-order valence-electron chi connectivity index (χ2n) is 3.33. The number of rotatable bonds is 1. The lowest BCUT2D eigenvalue weighted by atomic mass is 10.2. The zero-order chi connectivity index (χ0) is 11.9. The normalized spacial score (nSPS) is 12.2. The number of nitrogens with two attached hydrogens (primary N) is 1. The minimum Gasteiger partial charge on any atom is -0.396 e. The maximum atomic E-state index is 12.5. The zero-order valence-electron chi connectivity index (χ0n) is 8.41. The largest absolute Gasteiger partial charge is 0.417 e. The first kappa shape index (κ1) is 10.7. The number of aryl methyl sites for hydroxylation is 1. The summed E-state index contributed by atoms with van der Waals surface area (Å²) in [5.41, 5.74) is 4.90. The Labute approximate surface area is 88.9 Å². The fourth-order valence-corrected chi connectivity index (χ4v) is 1.36. The first-order valence-electron chi connectivity index (χ1n) is 4.63. The molecule has 2 aromatic heterocycles. The topological polar surface area (TPSA) is 56.2 Å². The van der Waals surface area contributed by atoms with Crippen LogP contribution in [0.25, 0.3) is 5.65 Å². The van der Waals surface area contributed by atoms with Gasteiger partial charge in [0.15, 0.2) is 11.5 Å². The van der Waals surface area contributed by atoms with Crippen LogP contribution in [-0.2, 0) is 12.6 Å². The molecule has 0 amide bonds. The van der Waals surface area contributed by atoms with Gasteiger partial charge in [0, 0.05) is 12.6 Å². The Kier molecular flexibility index (Phi) is 2.25. The molecule has 4 nitrogen and oxygen atoms in total. The Morgan fingerprint density at radius 3 is 2.69 bits per heavy atom. The lowest BCUT2D eigenvalue weighted by Gasteiger charge is -2.07. The van der Waals surface area contributed by atoms with Crippen molar-refractivity contribution < 1.29 is 13.2 Å². The standard InChI is InChI=1S/C9H9F3N4/c1-2-7-14-8-6(13)3-5(9(10,11)12)4-16(8)15-7/h3-4H,2,13H2,1H3. The van der Waals surface area contributed by atoms with Crippen molar-refractivity contribution >= 4 is 11.3 Å². The van der Waals surface area contributed by atoms with Gasteiger partial charge >= 0.3 is 6.18 Å². The molecule has 0 saturated heterocycles. The fourth-order valence-electron chi connectivity index (χ4n) is 1.36. The second kappa shape index (κ2) is 3.36. The Morgan fingerprint density at radius 1 is 1.44 bits per heavy atom. The van der Waals surface area contributed by atoms with Gasteiger partial charge in [-0.15, -0.1) is 0 Å². The van der Waals surface area contributed by atoms with Crippen molar-refractivity contribution in [2.75, 3.05) is 5.73 Å². The Bertz CT molecular complexity index is 529. The van der Waals surface area contributed by atoms with Crippen LogP contribution in [0.15, 0.2) is 12.3 Å². The molecule has 0 atom stereocenters. The van der Waals surface area contributed by atoms with Crippen LogP contribution in [-0.4, -0.2) is 14.6 Å². The smallest absolute Gasteiger partial charge is 0.396 e. The van der Waals surface area contributed by atoms with Gasteiger partial charge in [-0.2, -0.15) is 18.3 Å². The van der Waals surface area contributed by atoms with Crippen molar-refractivity contribution in [1.82, 2.24) is 14.6 Å². The van der Waals surface area contributed by atoms with E-state index in [0.717, 1.165) is 16.8 Å². The molecule has 0 saturated carbocycles. The van der Waals surface area contributed by atoms with Gasteiger partial charge in [-0.05, 0) is 6.07 Å². The van der Waals surface area contributed by atoms with E-state index in [1.165, 1.54) is 0 Å². The summed E-state index contributed by atoms with van der Waals surface area (Å²) in [6, 6.07) is 0.865. The molecular formula is C9H9F3N4. The highest BCUT2D eigenvalue weighted by Crippen LogP contribution is 2.31. The summed E-state index contributed by atoms with van der Waals surface area (Å²) in [5, 5.41) is 3.89. The number of pyridine rings is 1. The van der Waals surface area contributed by atoms with Crippen molar-refractivity contribution in [3.8, 4) is 0 Å². The molecule has 0 aliphatic heterocycles. The maximum Gasteiger partial charge on any atom is 0.417 e. The molecule has 7 heteroatoms. The van der Waals surface area contributed by atoms with E-state index < -0.39 is 11.7 Å². The Balaban J connectivity index is 2.67. The first-order chi connectivity index (χ1) is 7.41. The van der Waals surface area contributed by atoms with Gasteiger partial charge in [0.1, 0.15) is 0 Å². The van der Waals surface area contributed by atoms with Crippen LogP contribution in [0.5, 0.6) is 0 Å². The summed E-state index contributed by atoms with van der Waals surface area (Å²) in [6.45, 7) is 1.82. The van der Waals surface area contributed by atoms with Gasteiger partial charge < -0.3 is 5.73 Å². The van der Waals surface area contributed by atoms with Crippen LogP contribution in [0, 0.1) is 0 Å². The predicted molar refractivity (Wildman–Crippen MR) is 51.8 cm³/mol. The van der Waals surface area contributed by atoms with Gasteiger partial charge in [-0.1, -0.05) is 6.92 Å². The van der Waals surface area contributed by atoms with Crippen molar-refractivity contribution in [2.45, 2.75) is 19.5 Å².